The molecule has 1 aromatic heterocycles. The largest absolute Gasteiger partial charge is 0.416 e. The molecule has 3 N–H and O–H groups in total. The van der Waals surface area contributed by atoms with Crippen molar-refractivity contribution in [2.24, 2.45) is 5.10 Å². The molecular formula is C24H15ClF6N4S. The molecular weight excluding hydrogens is 526 g/mol. The summed E-state index contributed by atoms with van der Waals surface area (Å²) >= 11 is 11.0. The average molecular weight is 541 g/mol. The molecule has 4 nitrogen and oxygen atoms in total. The van der Waals surface area contributed by atoms with Crippen LogP contribution in [0.3, 0.4) is 0 Å². The Morgan fingerprint density at radius 2 is 1.50 bits per heavy atom. The number of H-pyrrole nitrogens is 1. The smallest absolute Gasteiger partial charge is 0.354 e. The molecule has 1 heterocycles. The van der Waals surface area contributed by atoms with E-state index >= 15 is 0 Å². The molecule has 36 heavy (non-hydrogen) atoms. The van der Waals surface area contributed by atoms with Gasteiger partial charge in [-0.3, -0.25) is 5.43 Å². The topological polar surface area (TPSA) is 52.2 Å². The fourth-order valence-corrected chi connectivity index (χ4v) is 3.78. The van der Waals surface area contributed by atoms with Gasteiger partial charge in [0.15, 0.2) is 5.11 Å². The van der Waals surface area contributed by atoms with Crippen molar-refractivity contribution in [2.45, 2.75) is 12.4 Å². The van der Waals surface area contributed by atoms with Crippen LogP contribution in [0.2, 0.25) is 5.02 Å². The number of nitrogens with zero attached hydrogens (tertiary/aromatic N) is 1. The first kappa shape index (κ1) is 25.5. The van der Waals surface area contributed by atoms with E-state index in [-0.39, 0.29) is 11.2 Å². The lowest BCUT2D eigenvalue weighted by molar-refractivity contribution is -0.143. The number of nitrogens with one attached hydrogen (secondary N) is 3. The van der Waals surface area contributed by atoms with Crippen LogP contribution in [0.1, 0.15) is 16.7 Å². The summed E-state index contributed by atoms with van der Waals surface area (Å²) in [7, 11) is 0. The quantitative estimate of drug-likeness (QED) is 0.107. The van der Waals surface area contributed by atoms with Crippen LogP contribution in [0.5, 0.6) is 0 Å². The van der Waals surface area contributed by atoms with Gasteiger partial charge in [-0.15, -0.1) is 0 Å². The first-order valence-electron chi connectivity index (χ1n) is 10.2. The van der Waals surface area contributed by atoms with Crippen LogP contribution in [0.25, 0.3) is 22.2 Å². The zero-order valence-electron chi connectivity index (χ0n) is 17.9. The molecule has 0 saturated carbocycles. The van der Waals surface area contributed by atoms with E-state index in [9.17, 15) is 26.3 Å². The van der Waals surface area contributed by atoms with E-state index in [4.69, 9.17) is 23.8 Å². The highest BCUT2D eigenvalue weighted by atomic mass is 35.5. The van der Waals surface area contributed by atoms with E-state index in [0.29, 0.717) is 22.7 Å². The molecule has 0 radical (unpaired) electrons. The Morgan fingerprint density at radius 1 is 0.889 bits per heavy atom. The third-order valence-corrected chi connectivity index (χ3v) is 5.53. The number of hydrogen-bond donors (Lipinski definition) is 3. The lowest BCUT2D eigenvalue weighted by atomic mass is 10.1. The van der Waals surface area contributed by atoms with Gasteiger partial charge >= 0.3 is 12.4 Å². The predicted molar refractivity (Wildman–Crippen MR) is 132 cm³/mol. The minimum absolute atomic E-state index is 0.0368. The lowest BCUT2D eigenvalue weighted by Gasteiger charge is -2.15. The van der Waals surface area contributed by atoms with E-state index < -0.39 is 29.2 Å². The molecule has 0 spiro atoms. The molecule has 0 aliphatic carbocycles. The summed E-state index contributed by atoms with van der Waals surface area (Å²) in [6, 6.07) is 15.6. The number of alkyl halides is 6. The van der Waals surface area contributed by atoms with E-state index in [1.807, 2.05) is 36.4 Å². The van der Waals surface area contributed by atoms with Crippen LogP contribution in [0.15, 0.2) is 71.8 Å². The summed E-state index contributed by atoms with van der Waals surface area (Å²) in [6.07, 6.45) is -8.50. The second-order valence-corrected chi connectivity index (χ2v) is 8.43. The summed E-state index contributed by atoms with van der Waals surface area (Å²) in [5, 5.41) is 7.45. The Hall–Kier alpha value is -3.57. The van der Waals surface area contributed by atoms with Crippen LogP contribution < -0.4 is 10.7 Å². The van der Waals surface area contributed by atoms with Crippen LogP contribution in [0.4, 0.5) is 32.0 Å². The van der Waals surface area contributed by atoms with Crippen molar-refractivity contribution in [1.82, 2.24) is 10.4 Å². The van der Waals surface area contributed by atoms with Gasteiger partial charge in [0.05, 0.1) is 23.0 Å². The molecule has 4 rings (SSSR count). The summed E-state index contributed by atoms with van der Waals surface area (Å²) in [4.78, 5) is 3.29. The molecule has 12 heteroatoms. The zero-order valence-corrected chi connectivity index (χ0v) is 19.5. The Morgan fingerprint density at radius 3 is 2.11 bits per heavy atom. The lowest BCUT2D eigenvalue weighted by Crippen LogP contribution is -2.24. The first-order chi connectivity index (χ1) is 16.9. The molecule has 4 aromatic rings. The van der Waals surface area contributed by atoms with Gasteiger partial charge in [0, 0.05) is 27.2 Å². The van der Waals surface area contributed by atoms with E-state index in [1.54, 1.807) is 12.1 Å². The van der Waals surface area contributed by atoms with Crippen LogP contribution >= 0.6 is 23.8 Å². The van der Waals surface area contributed by atoms with Gasteiger partial charge < -0.3 is 10.3 Å². The fourth-order valence-electron chi connectivity index (χ4n) is 3.48. The minimum Gasteiger partial charge on any atom is -0.354 e. The highest BCUT2D eigenvalue weighted by Crippen LogP contribution is 2.37. The maximum Gasteiger partial charge on any atom is 0.416 e. The van der Waals surface area contributed by atoms with Gasteiger partial charge in [0.25, 0.3) is 0 Å². The summed E-state index contributed by atoms with van der Waals surface area (Å²) in [5.41, 5.74) is 2.08. The van der Waals surface area contributed by atoms with Crippen molar-refractivity contribution in [2.75, 3.05) is 5.32 Å². The van der Waals surface area contributed by atoms with Crippen LogP contribution in [-0.2, 0) is 12.4 Å². The number of hydrazone groups is 1. The standard InChI is InChI=1S/C24H15ClF6N4S/c25-16-7-5-13(6-8-16)21-19(18-3-1-2-4-20(18)34-21)12-32-35-22(36)33-17-10-14(23(26,27)28)9-15(11-17)24(29,30)31/h1-12,34H,(H2,33,35,36)/b32-12+. The van der Waals surface area contributed by atoms with Gasteiger partial charge in [-0.2, -0.15) is 31.4 Å². The number of fused-ring (bicyclic) bond motifs is 1. The molecule has 0 bridgehead atoms. The molecule has 0 saturated heterocycles. The summed E-state index contributed by atoms with van der Waals surface area (Å²) in [5.74, 6) is 0. The van der Waals surface area contributed by atoms with Crippen molar-refractivity contribution in [1.29, 1.82) is 0 Å². The fraction of sp³-hybridized carbons (Fsp3) is 0.0833. The van der Waals surface area contributed by atoms with E-state index in [2.05, 4.69) is 20.8 Å². The molecule has 0 amide bonds. The Bertz CT molecular complexity index is 1410. The third-order valence-electron chi connectivity index (χ3n) is 5.08. The Balaban J connectivity index is 1.58. The monoisotopic (exact) mass is 540 g/mol. The van der Waals surface area contributed by atoms with Crippen LogP contribution in [0, 0.1) is 0 Å². The maximum absolute atomic E-state index is 13.1. The number of aromatic nitrogens is 1. The SMILES string of the molecule is FC(F)(F)c1cc(NC(=S)N/N=C/c2c(-c3ccc(Cl)cc3)[nH]c3ccccc23)cc(C(F)(F)F)c1. The van der Waals surface area contributed by atoms with Gasteiger partial charge in [-0.25, -0.2) is 0 Å². The molecule has 3 aromatic carbocycles. The van der Waals surface area contributed by atoms with Crippen molar-refractivity contribution in [3.63, 3.8) is 0 Å². The zero-order chi connectivity index (χ0) is 26.1. The second kappa shape index (κ2) is 9.82. The molecule has 0 atom stereocenters. The number of para-hydroxylation sites is 1. The normalized spacial score (nSPS) is 12.3. The number of anilines is 1. The van der Waals surface area contributed by atoms with Gasteiger partial charge in [-0.05, 0) is 54.2 Å². The summed E-state index contributed by atoms with van der Waals surface area (Å²) in [6.45, 7) is 0. The first-order valence-corrected chi connectivity index (χ1v) is 11.0. The van der Waals surface area contributed by atoms with Crippen molar-refractivity contribution >= 4 is 51.7 Å². The van der Waals surface area contributed by atoms with Gasteiger partial charge in [0.1, 0.15) is 0 Å². The van der Waals surface area contributed by atoms with Crippen molar-refractivity contribution in [3.05, 3.63) is 88.4 Å². The molecule has 0 aliphatic heterocycles. The number of benzene rings is 3. The predicted octanol–water partition coefficient (Wildman–Crippen LogP) is 7.85. The molecule has 0 fully saturated rings. The molecule has 0 unspecified atom stereocenters. The maximum atomic E-state index is 13.1. The Kier molecular flexibility index (Phi) is 6.96. The number of halogens is 7. The van der Waals surface area contributed by atoms with E-state index in [1.165, 1.54) is 6.21 Å². The Labute approximate surface area is 211 Å². The molecule has 186 valence electrons. The van der Waals surface area contributed by atoms with Crippen molar-refractivity contribution in [3.8, 4) is 11.3 Å². The van der Waals surface area contributed by atoms with E-state index in [0.717, 1.165) is 22.2 Å². The van der Waals surface area contributed by atoms with Crippen LogP contribution in [-0.4, -0.2) is 16.3 Å². The van der Waals surface area contributed by atoms with Gasteiger partial charge in [0.2, 0.25) is 0 Å². The third kappa shape index (κ3) is 5.80. The average Bonchev–Trinajstić information content (AvgIpc) is 3.17. The number of rotatable bonds is 4. The van der Waals surface area contributed by atoms with Gasteiger partial charge in [-0.1, -0.05) is 41.9 Å². The minimum atomic E-state index is -4.97. The summed E-state index contributed by atoms with van der Waals surface area (Å²) < 4.78 is 78.5. The van der Waals surface area contributed by atoms with Crippen molar-refractivity contribution < 1.29 is 26.3 Å². The number of thiocarbonyl (C=S) groups is 1. The highest BCUT2D eigenvalue weighted by Gasteiger charge is 2.37. The number of hydrogen-bond acceptors (Lipinski definition) is 2. The molecule has 0 aliphatic rings. The number of aromatic amines is 1. The second-order valence-electron chi connectivity index (χ2n) is 7.58. The highest BCUT2D eigenvalue weighted by molar-refractivity contribution is 7.80.